The number of non-ortho nitro benzene ring substituents is 1. The highest BCUT2D eigenvalue weighted by molar-refractivity contribution is 6.33. The van der Waals surface area contributed by atoms with Crippen molar-refractivity contribution >= 4 is 29.2 Å². The molecule has 1 N–H and O–H groups in total. The van der Waals surface area contributed by atoms with Gasteiger partial charge in [0, 0.05) is 17.7 Å². The number of nitro groups is 1. The number of rotatable bonds is 5. The summed E-state index contributed by atoms with van der Waals surface area (Å²) in [5.74, 6) is 0.933. The molecule has 6 nitrogen and oxygen atoms in total. The van der Waals surface area contributed by atoms with Gasteiger partial charge < -0.3 is 4.42 Å². The minimum atomic E-state index is -0.476. The molecule has 1 heterocycles. The van der Waals surface area contributed by atoms with Crippen molar-refractivity contribution in [2.75, 3.05) is 5.43 Å². The standard InChI is InChI=1S/C18H14ClN3O3/c1-12-2-4-13(5-3-12)21-20-11-15-7-9-18(25-15)16-10-14(22(23)24)6-8-17(16)19/h2-11,21H,1H3/b20-11-. The molecule has 2 aromatic carbocycles. The summed E-state index contributed by atoms with van der Waals surface area (Å²) in [6.07, 6.45) is 1.52. The Balaban J connectivity index is 1.76. The van der Waals surface area contributed by atoms with Crippen molar-refractivity contribution in [1.29, 1.82) is 0 Å². The molecule has 3 aromatic rings. The van der Waals surface area contributed by atoms with E-state index in [9.17, 15) is 10.1 Å². The molecule has 1 aromatic heterocycles. The number of nitro benzene ring substituents is 1. The summed E-state index contributed by atoms with van der Waals surface area (Å²) in [5, 5.41) is 15.4. The zero-order valence-corrected chi connectivity index (χ0v) is 14.0. The highest BCUT2D eigenvalue weighted by Crippen LogP contribution is 2.32. The molecule has 0 fully saturated rings. The first-order valence-electron chi connectivity index (χ1n) is 7.43. The van der Waals surface area contributed by atoms with Gasteiger partial charge in [-0.1, -0.05) is 29.3 Å². The molecule has 25 heavy (non-hydrogen) atoms. The first-order valence-corrected chi connectivity index (χ1v) is 7.80. The molecule has 0 saturated carbocycles. The van der Waals surface area contributed by atoms with Crippen molar-refractivity contribution in [2.45, 2.75) is 6.92 Å². The summed E-state index contributed by atoms with van der Waals surface area (Å²) >= 11 is 6.11. The Kier molecular flexibility index (Phi) is 4.81. The van der Waals surface area contributed by atoms with Crippen molar-refractivity contribution in [3.8, 4) is 11.3 Å². The van der Waals surface area contributed by atoms with Gasteiger partial charge in [-0.25, -0.2) is 0 Å². The van der Waals surface area contributed by atoms with Crippen molar-refractivity contribution in [3.05, 3.63) is 81.1 Å². The summed E-state index contributed by atoms with van der Waals surface area (Å²) in [6, 6.07) is 15.4. The van der Waals surface area contributed by atoms with E-state index in [0.717, 1.165) is 5.69 Å². The number of nitrogens with zero attached hydrogens (tertiary/aromatic N) is 2. The van der Waals surface area contributed by atoms with E-state index in [0.29, 0.717) is 22.1 Å². The second kappa shape index (κ2) is 7.19. The molecular formula is C18H14ClN3O3. The third kappa shape index (κ3) is 4.05. The van der Waals surface area contributed by atoms with Gasteiger partial charge in [0.25, 0.3) is 5.69 Å². The highest BCUT2D eigenvalue weighted by atomic mass is 35.5. The quantitative estimate of drug-likeness (QED) is 0.384. The maximum Gasteiger partial charge on any atom is 0.270 e. The normalized spacial score (nSPS) is 11.0. The van der Waals surface area contributed by atoms with Crippen LogP contribution >= 0.6 is 11.6 Å². The molecular weight excluding hydrogens is 342 g/mol. The molecule has 3 rings (SSSR count). The molecule has 126 valence electrons. The predicted molar refractivity (Wildman–Crippen MR) is 98.2 cm³/mol. The van der Waals surface area contributed by atoms with Crippen LogP contribution in [0.2, 0.25) is 5.02 Å². The maximum absolute atomic E-state index is 10.9. The SMILES string of the molecule is Cc1ccc(N/N=C\c2ccc(-c3cc([N+](=O)[O-])ccc3Cl)o2)cc1. The van der Waals surface area contributed by atoms with E-state index in [1.54, 1.807) is 12.1 Å². The van der Waals surface area contributed by atoms with Crippen LogP contribution in [-0.4, -0.2) is 11.1 Å². The third-order valence-corrected chi connectivity index (χ3v) is 3.82. The van der Waals surface area contributed by atoms with Gasteiger partial charge >= 0.3 is 0 Å². The lowest BCUT2D eigenvalue weighted by atomic mass is 10.1. The maximum atomic E-state index is 10.9. The number of furan rings is 1. The van der Waals surface area contributed by atoms with Gasteiger partial charge in [-0.3, -0.25) is 15.5 Å². The van der Waals surface area contributed by atoms with Crippen LogP contribution in [0.1, 0.15) is 11.3 Å². The zero-order chi connectivity index (χ0) is 17.8. The van der Waals surface area contributed by atoms with Crippen LogP contribution in [-0.2, 0) is 0 Å². The molecule has 0 aliphatic carbocycles. The number of halogens is 1. The zero-order valence-electron chi connectivity index (χ0n) is 13.3. The second-order valence-corrected chi connectivity index (χ2v) is 5.77. The molecule has 0 bridgehead atoms. The molecule has 7 heteroatoms. The molecule has 0 aliphatic rings. The van der Waals surface area contributed by atoms with Gasteiger partial charge in [0.15, 0.2) is 0 Å². The summed E-state index contributed by atoms with van der Waals surface area (Å²) in [7, 11) is 0. The molecule has 0 spiro atoms. The number of hydrogen-bond acceptors (Lipinski definition) is 5. The van der Waals surface area contributed by atoms with Crippen LogP contribution in [0.15, 0.2) is 64.1 Å². The van der Waals surface area contributed by atoms with Gasteiger partial charge in [-0.15, -0.1) is 0 Å². The predicted octanol–water partition coefficient (Wildman–Crippen LogP) is 5.26. The van der Waals surface area contributed by atoms with Crippen molar-refractivity contribution in [3.63, 3.8) is 0 Å². The summed E-state index contributed by atoms with van der Waals surface area (Å²) in [4.78, 5) is 10.4. The van der Waals surface area contributed by atoms with Crippen LogP contribution in [0.25, 0.3) is 11.3 Å². The molecule has 0 atom stereocenters. The highest BCUT2D eigenvalue weighted by Gasteiger charge is 2.14. The molecule has 0 aliphatic heterocycles. The number of anilines is 1. The van der Waals surface area contributed by atoms with E-state index in [-0.39, 0.29) is 5.69 Å². The topological polar surface area (TPSA) is 80.7 Å². The fourth-order valence-corrected chi connectivity index (χ4v) is 2.39. The van der Waals surface area contributed by atoms with E-state index in [2.05, 4.69) is 10.5 Å². The van der Waals surface area contributed by atoms with E-state index < -0.39 is 4.92 Å². The Hall–Kier alpha value is -3.12. The summed E-state index contributed by atoms with van der Waals surface area (Å²) in [6.45, 7) is 2.01. The minimum Gasteiger partial charge on any atom is -0.455 e. The number of hydrazone groups is 1. The average molecular weight is 356 g/mol. The largest absolute Gasteiger partial charge is 0.455 e. The third-order valence-electron chi connectivity index (χ3n) is 3.49. The minimum absolute atomic E-state index is 0.0490. The number of nitrogens with one attached hydrogen (secondary N) is 1. The van der Waals surface area contributed by atoms with E-state index in [1.165, 1.54) is 30.0 Å². The number of benzene rings is 2. The van der Waals surface area contributed by atoms with Gasteiger partial charge in [-0.05, 0) is 37.3 Å². The van der Waals surface area contributed by atoms with Crippen LogP contribution in [0.4, 0.5) is 11.4 Å². The lowest BCUT2D eigenvalue weighted by Crippen LogP contribution is -1.89. The Labute approximate surface area is 148 Å². The summed E-state index contributed by atoms with van der Waals surface area (Å²) in [5.41, 5.74) is 5.33. The van der Waals surface area contributed by atoms with Crippen LogP contribution < -0.4 is 5.43 Å². The number of aryl methyl sites for hydroxylation is 1. The van der Waals surface area contributed by atoms with Gasteiger partial charge in [-0.2, -0.15) is 5.10 Å². The summed E-state index contributed by atoms with van der Waals surface area (Å²) < 4.78 is 5.65. The molecule has 0 unspecified atom stereocenters. The lowest BCUT2D eigenvalue weighted by Gasteiger charge is -2.01. The van der Waals surface area contributed by atoms with Crippen LogP contribution in [0.3, 0.4) is 0 Å². The average Bonchev–Trinajstić information content (AvgIpc) is 3.05. The van der Waals surface area contributed by atoms with Crippen LogP contribution in [0.5, 0.6) is 0 Å². The first-order chi connectivity index (χ1) is 12.0. The van der Waals surface area contributed by atoms with Gasteiger partial charge in [0.2, 0.25) is 0 Å². The van der Waals surface area contributed by atoms with E-state index in [1.807, 2.05) is 31.2 Å². The first kappa shape index (κ1) is 16.7. The Morgan fingerprint density at radius 3 is 2.64 bits per heavy atom. The van der Waals surface area contributed by atoms with Crippen molar-refractivity contribution in [2.24, 2.45) is 5.10 Å². The second-order valence-electron chi connectivity index (χ2n) is 5.36. The van der Waals surface area contributed by atoms with Gasteiger partial charge in [0.1, 0.15) is 11.5 Å². The fourth-order valence-electron chi connectivity index (χ4n) is 2.18. The Morgan fingerprint density at radius 2 is 1.92 bits per heavy atom. The van der Waals surface area contributed by atoms with Crippen molar-refractivity contribution in [1.82, 2.24) is 0 Å². The number of hydrogen-bond donors (Lipinski definition) is 1. The smallest absolute Gasteiger partial charge is 0.270 e. The van der Waals surface area contributed by atoms with Crippen LogP contribution in [0, 0.1) is 17.0 Å². The lowest BCUT2D eigenvalue weighted by molar-refractivity contribution is -0.384. The fraction of sp³-hybridized carbons (Fsp3) is 0.0556. The Morgan fingerprint density at radius 1 is 1.16 bits per heavy atom. The van der Waals surface area contributed by atoms with Gasteiger partial charge in [0.05, 0.1) is 21.8 Å². The Bertz CT molecular complexity index is 933. The monoisotopic (exact) mass is 355 g/mol. The van der Waals surface area contributed by atoms with E-state index in [4.69, 9.17) is 16.0 Å². The van der Waals surface area contributed by atoms with E-state index >= 15 is 0 Å². The van der Waals surface area contributed by atoms with Crippen molar-refractivity contribution < 1.29 is 9.34 Å². The molecule has 0 amide bonds. The molecule has 0 saturated heterocycles. The molecule has 0 radical (unpaired) electrons.